The van der Waals surface area contributed by atoms with Gasteiger partial charge in [-0.1, -0.05) is 23.7 Å². The Hall–Kier alpha value is -0.900. The van der Waals surface area contributed by atoms with Gasteiger partial charge in [-0.25, -0.2) is 0 Å². The maximum atomic E-state index is 12.1. The average molecular weight is 296 g/mol. The molecule has 0 radical (unpaired) electrons. The molecular formula is C16H22ClNO2. The van der Waals surface area contributed by atoms with Gasteiger partial charge in [-0.15, -0.1) is 0 Å². The summed E-state index contributed by atoms with van der Waals surface area (Å²) >= 11 is 5.91. The molecule has 1 heterocycles. The third-order valence-corrected chi connectivity index (χ3v) is 3.90. The summed E-state index contributed by atoms with van der Waals surface area (Å²) in [5, 5.41) is 0.616. The van der Waals surface area contributed by atoms with Gasteiger partial charge in [0, 0.05) is 36.7 Å². The fourth-order valence-electron chi connectivity index (χ4n) is 2.65. The van der Waals surface area contributed by atoms with E-state index in [1.165, 1.54) is 0 Å². The van der Waals surface area contributed by atoms with Crippen molar-refractivity contribution in [3.63, 3.8) is 0 Å². The molecular weight excluding hydrogens is 274 g/mol. The molecule has 0 aromatic heterocycles. The summed E-state index contributed by atoms with van der Waals surface area (Å²) < 4.78 is 5.68. The topological polar surface area (TPSA) is 29.5 Å². The van der Waals surface area contributed by atoms with Crippen LogP contribution in [0.15, 0.2) is 24.3 Å². The van der Waals surface area contributed by atoms with Gasteiger partial charge in [0.25, 0.3) is 0 Å². The Morgan fingerprint density at radius 1 is 1.50 bits per heavy atom. The van der Waals surface area contributed by atoms with Gasteiger partial charge in [-0.2, -0.15) is 0 Å². The molecule has 2 rings (SSSR count). The third-order valence-electron chi connectivity index (χ3n) is 3.67. The predicted octanol–water partition coefficient (Wildman–Crippen LogP) is 3.41. The maximum Gasteiger partial charge on any atom is 0.164 e. The number of carbonyl (C=O) groups excluding carboxylic acids is 1. The van der Waals surface area contributed by atoms with Gasteiger partial charge < -0.3 is 9.64 Å². The average Bonchev–Trinajstić information content (AvgIpc) is 2.45. The van der Waals surface area contributed by atoms with Crippen molar-refractivity contribution in [3.8, 4) is 0 Å². The smallest absolute Gasteiger partial charge is 0.164 e. The summed E-state index contributed by atoms with van der Waals surface area (Å²) in [6, 6.07) is 7.17. The standard InChI is InChI=1S/C16H22ClNO2/c1-2-20-15-7-4-9-18(12-15)10-8-16(19)13-5-3-6-14(17)11-13/h3,5-6,11,15H,2,4,7-10,12H2,1H3. The van der Waals surface area contributed by atoms with E-state index in [2.05, 4.69) is 4.90 Å². The van der Waals surface area contributed by atoms with Crippen LogP contribution in [-0.4, -0.2) is 43.0 Å². The van der Waals surface area contributed by atoms with E-state index in [4.69, 9.17) is 16.3 Å². The Kier molecular flexibility index (Phi) is 6.02. The zero-order valence-electron chi connectivity index (χ0n) is 12.0. The van der Waals surface area contributed by atoms with E-state index in [1.807, 2.05) is 19.1 Å². The SMILES string of the molecule is CCOC1CCCN(CCC(=O)c2cccc(Cl)c2)C1. The number of hydrogen-bond acceptors (Lipinski definition) is 3. The van der Waals surface area contributed by atoms with Gasteiger partial charge in [-0.05, 0) is 38.4 Å². The van der Waals surface area contributed by atoms with Crippen LogP contribution >= 0.6 is 11.6 Å². The van der Waals surface area contributed by atoms with Gasteiger partial charge in [0.1, 0.15) is 0 Å². The van der Waals surface area contributed by atoms with E-state index in [1.54, 1.807) is 12.1 Å². The Labute approximate surface area is 125 Å². The van der Waals surface area contributed by atoms with Crippen LogP contribution in [0.2, 0.25) is 5.02 Å². The molecule has 1 atom stereocenters. The lowest BCUT2D eigenvalue weighted by Crippen LogP contribution is -2.40. The molecule has 3 nitrogen and oxygen atoms in total. The van der Waals surface area contributed by atoms with Crippen LogP contribution in [0.3, 0.4) is 0 Å². The molecule has 1 saturated heterocycles. The zero-order chi connectivity index (χ0) is 14.4. The lowest BCUT2D eigenvalue weighted by atomic mass is 10.1. The van der Waals surface area contributed by atoms with Gasteiger partial charge in [0.05, 0.1) is 6.10 Å². The molecule has 1 aliphatic heterocycles. The maximum absolute atomic E-state index is 12.1. The first-order valence-corrected chi connectivity index (χ1v) is 7.69. The largest absolute Gasteiger partial charge is 0.377 e. The Morgan fingerprint density at radius 3 is 3.10 bits per heavy atom. The summed E-state index contributed by atoms with van der Waals surface area (Å²) in [6.45, 7) is 5.60. The molecule has 1 unspecified atom stereocenters. The molecule has 0 amide bonds. The molecule has 1 aromatic rings. The summed E-state index contributed by atoms with van der Waals surface area (Å²) in [7, 11) is 0. The number of likely N-dealkylation sites (tertiary alicyclic amines) is 1. The van der Waals surface area contributed by atoms with Crippen molar-refractivity contribution >= 4 is 17.4 Å². The molecule has 0 spiro atoms. The molecule has 4 heteroatoms. The summed E-state index contributed by atoms with van der Waals surface area (Å²) in [4.78, 5) is 14.5. The number of carbonyl (C=O) groups is 1. The van der Waals surface area contributed by atoms with Gasteiger partial charge in [-0.3, -0.25) is 4.79 Å². The highest BCUT2D eigenvalue weighted by atomic mass is 35.5. The van der Waals surface area contributed by atoms with Gasteiger partial charge in [0.15, 0.2) is 5.78 Å². The second kappa shape index (κ2) is 7.77. The van der Waals surface area contributed by atoms with Crippen LogP contribution < -0.4 is 0 Å². The fraction of sp³-hybridized carbons (Fsp3) is 0.562. The van der Waals surface area contributed by atoms with Gasteiger partial charge >= 0.3 is 0 Å². The van der Waals surface area contributed by atoms with E-state index < -0.39 is 0 Å². The van der Waals surface area contributed by atoms with Gasteiger partial charge in [0.2, 0.25) is 0 Å². The molecule has 0 saturated carbocycles. The van der Waals surface area contributed by atoms with E-state index in [-0.39, 0.29) is 5.78 Å². The number of nitrogens with zero attached hydrogens (tertiary/aromatic N) is 1. The highest BCUT2D eigenvalue weighted by Crippen LogP contribution is 2.15. The highest BCUT2D eigenvalue weighted by molar-refractivity contribution is 6.31. The minimum atomic E-state index is 0.158. The quantitative estimate of drug-likeness (QED) is 0.753. The van der Waals surface area contributed by atoms with Crippen molar-refractivity contribution < 1.29 is 9.53 Å². The number of halogens is 1. The van der Waals surface area contributed by atoms with Crippen LogP contribution in [0, 0.1) is 0 Å². The molecule has 0 aliphatic carbocycles. The molecule has 1 aromatic carbocycles. The second-order valence-corrected chi connectivity index (χ2v) is 5.64. The lowest BCUT2D eigenvalue weighted by Gasteiger charge is -2.32. The van der Waals surface area contributed by atoms with Crippen molar-refractivity contribution in [1.29, 1.82) is 0 Å². The van der Waals surface area contributed by atoms with Crippen molar-refractivity contribution in [1.82, 2.24) is 4.90 Å². The van der Waals surface area contributed by atoms with E-state index >= 15 is 0 Å². The third kappa shape index (κ3) is 4.58. The Bertz CT molecular complexity index is 448. The van der Waals surface area contributed by atoms with Crippen LogP contribution in [0.1, 0.15) is 36.5 Å². The van der Waals surface area contributed by atoms with Crippen LogP contribution in [-0.2, 0) is 4.74 Å². The summed E-state index contributed by atoms with van der Waals surface area (Å²) in [5.41, 5.74) is 0.705. The number of benzene rings is 1. The number of Topliss-reactive ketones (excluding diaryl/α,β-unsaturated/α-hetero) is 1. The Balaban J connectivity index is 1.81. The number of ether oxygens (including phenoxy) is 1. The first kappa shape index (κ1) is 15.5. The molecule has 0 bridgehead atoms. The molecule has 20 heavy (non-hydrogen) atoms. The number of rotatable bonds is 6. The van der Waals surface area contributed by atoms with E-state index in [9.17, 15) is 4.79 Å². The molecule has 0 N–H and O–H groups in total. The fourth-order valence-corrected chi connectivity index (χ4v) is 2.84. The molecule has 1 fully saturated rings. The lowest BCUT2D eigenvalue weighted by molar-refractivity contribution is 0.00589. The van der Waals surface area contributed by atoms with Crippen molar-refractivity contribution in [2.24, 2.45) is 0 Å². The predicted molar refractivity (Wildman–Crippen MR) is 81.5 cm³/mol. The van der Waals surface area contributed by atoms with Crippen LogP contribution in [0.4, 0.5) is 0 Å². The number of hydrogen-bond donors (Lipinski definition) is 0. The number of piperidine rings is 1. The first-order chi connectivity index (χ1) is 9.69. The summed E-state index contributed by atoms with van der Waals surface area (Å²) in [5.74, 6) is 0.158. The van der Waals surface area contributed by atoms with Crippen LogP contribution in [0.25, 0.3) is 0 Å². The Morgan fingerprint density at radius 2 is 2.35 bits per heavy atom. The molecule has 110 valence electrons. The highest BCUT2D eigenvalue weighted by Gasteiger charge is 2.20. The molecule has 1 aliphatic rings. The minimum absolute atomic E-state index is 0.158. The van der Waals surface area contributed by atoms with Crippen molar-refractivity contribution in [3.05, 3.63) is 34.9 Å². The monoisotopic (exact) mass is 295 g/mol. The summed E-state index contributed by atoms with van der Waals surface area (Å²) in [6.07, 6.45) is 3.15. The number of ketones is 1. The van der Waals surface area contributed by atoms with E-state index in [0.29, 0.717) is 23.1 Å². The normalized spacial score (nSPS) is 20.0. The second-order valence-electron chi connectivity index (χ2n) is 5.20. The van der Waals surface area contributed by atoms with Crippen LogP contribution in [0.5, 0.6) is 0 Å². The van der Waals surface area contributed by atoms with Crippen molar-refractivity contribution in [2.75, 3.05) is 26.2 Å². The van der Waals surface area contributed by atoms with Crippen molar-refractivity contribution in [2.45, 2.75) is 32.3 Å². The minimum Gasteiger partial charge on any atom is -0.377 e. The zero-order valence-corrected chi connectivity index (χ0v) is 12.7. The van der Waals surface area contributed by atoms with E-state index in [0.717, 1.165) is 39.1 Å². The first-order valence-electron chi connectivity index (χ1n) is 7.31.